The summed E-state index contributed by atoms with van der Waals surface area (Å²) in [6, 6.07) is 21.8. The molecular weight excluding hydrogens is 459 g/mol. The van der Waals surface area contributed by atoms with Crippen LogP contribution in [0.3, 0.4) is 0 Å². The Kier molecular flexibility index (Phi) is 9.86. The Morgan fingerprint density at radius 1 is 0.944 bits per heavy atom. The number of carbonyl (C=O) groups excluding carboxylic acids is 2. The molecule has 7 heteroatoms. The zero-order valence-corrected chi connectivity index (χ0v) is 20.9. The number of methoxy groups -OCH3 is 1. The molecule has 6 nitrogen and oxygen atoms in total. The van der Waals surface area contributed by atoms with Crippen molar-refractivity contribution in [3.05, 3.63) is 95.8 Å². The summed E-state index contributed by atoms with van der Waals surface area (Å²) in [7, 11) is 1.52. The number of para-hydroxylation sites is 2. The van der Waals surface area contributed by atoms with Crippen LogP contribution < -0.4 is 14.8 Å². The molecule has 0 saturated heterocycles. The van der Waals surface area contributed by atoms with Crippen LogP contribution in [0.25, 0.3) is 0 Å². The second-order valence-corrected chi connectivity index (χ2v) is 8.58. The van der Waals surface area contributed by atoms with Gasteiger partial charge in [-0.15, -0.1) is 0 Å². The van der Waals surface area contributed by atoms with Gasteiger partial charge in [0, 0.05) is 24.6 Å². The Labute approximate surface area is 212 Å². The van der Waals surface area contributed by atoms with Crippen molar-refractivity contribution in [1.29, 1.82) is 0 Å². The topological polar surface area (TPSA) is 67.9 Å². The molecular formula is C29H33FN2O4. The Bertz CT molecular complexity index is 1140. The molecule has 0 aliphatic rings. The standard InChI is InChI=1S/C29H33FN2O4/c1-4-21(2)31-29(34)25(18-22-12-6-5-7-13-22)32(19-23-14-8-9-15-24(23)30)28(33)20-36-27-17-11-10-16-26(27)35-3/h5-17,21,25H,4,18-20H2,1-3H3,(H,31,34)/t21-,25+/m1/s1. The Balaban J connectivity index is 1.94. The summed E-state index contributed by atoms with van der Waals surface area (Å²) in [5.41, 5.74) is 1.20. The first-order valence-electron chi connectivity index (χ1n) is 12.1. The van der Waals surface area contributed by atoms with Gasteiger partial charge in [-0.2, -0.15) is 0 Å². The predicted octanol–water partition coefficient (Wildman–Crippen LogP) is 4.77. The predicted molar refractivity (Wildman–Crippen MR) is 137 cm³/mol. The fourth-order valence-corrected chi connectivity index (χ4v) is 3.77. The zero-order valence-electron chi connectivity index (χ0n) is 20.9. The first kappa shape index (κ1) is 26.7. The smallest absolute Gasteiger partial charge is 0.261 e. The van der Waals surface area contributed by atoms with Gasteiger partial charge in [0.05, 0.1) is 7.11 Å². The number of benzene rings is 3. The molecule has 3 rings (SSSR count). The lowest BCUT2D eigenvalue weighted by molar-refractivity contribution is -0.143. The van der Waals surface area contributed by atoms with Crippen LogP contribution in [-0.4, -0.2) is 42.5 Å². The van der Waals surface area contributed by atoms with E-state index in [0.29, 0.717) is 17.1 Å². The van der Waals surface area contributed by atoms with E-state index >= 15 is 0 Å². The second kappa shape index (κ2) is 13.3. The van der Waals surface area contributed by atoms with E-state index in [0.717, 1.165) is 12.0 Å². The maximum Gasteiger partial charge on any atom is 0.261 e. The minimum Gasteiger partial charge on any atom is -0.493 e. The molecule has 0 fully saturated rings. The van der Waals surface area contributed by atoms with Crippen LogP contribution in [0.4, 0.5) is 4.39 Å². The van der Waals surface area contributed by atoms with Crippen LogP contribution in [0.2, 0.25) is 0 Å². The lowest BCUT2D eigenvalue weighted by Crippen LogP contribution is -2.53. The number of hydrogen-bond acceptors (Lipinski definition) is 4. The Hall–Kier alpha value is -3.87. The minimum atomic E-state index is -0.866. The molecule has 0 aliphatic carbocycles. The molecule has 2 atom stereocenters. The molecule has 0 radical (unpaired) electrons. The van der Waals surface area contributed by atoms with Crippen molar-refractivity contribution in [2.45, 2.75) is 45.3 Å². The molecule has 0 saturated carbocycles. The quantitative estimate of drug-likeness (QED) is 0.396. The molecule has 2 amide bonds. The molecule has 3 aromatic carbocycles. The summed E-state index contributed by atoms with van der Waals surface area (Å²) < 4.78 is 25.7. The van der Waals surface area contributed by atoms with E-state index in [1.54, 1.807) is 42.5 Å². The van der Waals surface area contributed by atoms with Gasteiger partial charge in [-0.05, 0) is 37.1 Å². The van der Waals surface area contributed by atoms with Crippen molar-refractivity contribution >= 4 is 11.8 Å². The first-order chi connectivity index (χ1) is 17.4. The molecule has 0 bridgehead atoms. The number of rotatable bonds is 12. The van der Waals surface area contributed by atoms with Crippen molar-refractivity contribution < 1.29 is 23.5 Å². The highest BCUT2D eigenvalue weighted by Crippen LogP contribution is 2.26. The van der Waals surface area contributed by atoms with Crippen LogP contribution >= 0.6 is 0 Å². The summed E-state index contributed by atoms with van der Waals surface area (Å²) >= 11 is 0. The number of ether oxygens (including phenoxy) is 2. The average Bonchev–Trinajstić information content (AvgIpc) is 2.90. The molecule has 36 heavy (non-hydrogen) atoms. The van der Waals surface area contributed by atoms with Crippen LogP contribution in [0.1, 0.15) is 31.4 Å². The van der Waals surface area contributed by atoms with Gasteiger partial charge in [-0.25, -0.2) is 4.39 Å². The normalized spacial score (nSPS) is 12.3. The number of carbonyl (C=O) groups is 2. The van der Waals surface area contributed by atoms with Crippen LogP contribution in [0.15, 0.2) is 78.9 Å². The third-order valence-electron chi connectivity index (χ3n) is 5.99. The van der Waals surface area contributed by atoms with Gasteiger partial charge < -0.3 is 19.7 Å². The molecule has 0 spiro atoms. The van der Waals surface area contributed by atoms with E-state index in [2.05, 4.69) is 5.32 Å². The van der Waals surface area contributed by atoms with Crippen molar-refractivity contribution in [3.8, 4) is 11.5 Å². The fraction of sp³-hybridized carbons (Fsp3) is 0.310. The van der Waals surface area contributed by atoms with Crippen LogP contribution in [0.5, 0.6) is 11.5 Å². The van der Waals surface area contributed by atoms with Gasteiger partial charge in [0.15, 0.2) is 18.1 Å². The second-order valence-electron chi connectivity index (χ2n) is 8.58. The van der Waals surface area contributed by atoms with Gasteiger partial charge in [0.25, 0.3) is 5.91 Å². The molecule has 0 unspecified atom stereocenters. The molecule has 1 N–H and O–H groups in total. The zero-order chi connectivity index (χ0) is 25.9. The highest BCUT2D eigenvalue weighted by molar-refractivity contribution is 5.88. The van der Waals surface area contributed by atoms with Gasteiger partial charge in [-0.1, -0.05) is 67.6 Å². The van der Waals surface area contributed by atoms with E-state index in [1.807, 2.05) is 44.2 Å². The largest absolute Gasteiger partial charge is 0.493 e. The fourth-order valence-electron chi connectivity index (χ4n) is 3.77. The number of nitrogens with one attached hydrogen (secondary N) is 1. The number of nitrogens with zero attached hydrogens (tertiary/aromatic N) is 1. The lowest BCUT2D eigenvalue weighted by atomic mass is 10.0. The van der Waals surface area contributed by atoms with Gasteiger partial charge in [-0.3, -0.25) is 9.59 Å². The van der Waals surface area contributed by atoms with Gasteiger partial charge >= 0.3 is 0 Å². The van der Waals surface area contributed by atoms with Crippen molar-refractivity contribution in [2.24, 2.45) is 0 Å². The summed E-state index contributed by atoms with van der Waals surface area (Å²) in [6.07, 6.45) is 1.01. The highest BCUT2D eigenvalue weighted by Gasteiger charge is 2.32. The van der Waals surface area contributed by atoms with Gasteiger partial charge in [0.2, 0.25) is 5.91 Å². The van der Waals surface area contributed by atoms with Gasteiger partial charge in [0.1, 0.15) is 11.9 Å². The Morgan fingerprint density at radius 2 is 1.58 bits per heavy atom. The van der Waals surface area contributed by atoms with Crippen LogP contribution in [-0.2, 0) is 22.6 Å². The van der Waals surface area contributed by atoms with Crippen molar-refractivity contribution in [3.63, 3.8) is 0 Å². The first-order valence-corrected chi connectivity index (χ1v) is 12.1. The maximum absolute atomic E-state index is 14.6. The van der Waals surface area contributed by atoms with E-state index in [4.69, 9.17) is 9.47 Å². The summed E-state index contributed by atoms with van der Waals surface area (Å²) in [5.74, 6) is -0.287. The minimum absolute atomic E-state index is 0.0772. The van der Waals surface area contributed by atoms with E-state index in [1.165, 1.54) is 18.1 Å². The number of hydrogen-bond donors (Lipinski definition) is 1. The number of amides is 2. The number of halogens is 1. The lowest BCUT2D eigenvalue weighted by Gasteiger charge is -2.32. The third-order valence-corrected chi connectivity index (χ3v) is 5.99. The molecule has 3 aromatic rings. The molecule has 0 heterocycles. The van der Waals surface area contributed by atoms with E-state index in [9.17, 15) is 14.0 Å². The van der Waals surface area contributed by atoms with Crippen molar-refractivity contribution in [1.82, 2.24) is 10.2 Å². The van der Waals surface area contributed by atoms with E-state index < -0.39 is 17.8 Å². The summed E-state index contributed by atoms with van der Waals surface area (Å²) in [6.45, 7) is 3.47. The van der Waals surface area contributed by atoms with E-state index in [-0.39, 0.29) is 31.5 Å². The molecule has 0 aliphatic heterocycles. The summed E-state index contributed by atoms with van der Waals surface area (Å²) in [5, 5.41) is 2.99. The monoisotopic (exact) mass is 492 g/mol. The third kappa shape index (κ3) is 7.31. The summed E-state index contributed by atoms with van der Waals surface area (Å²) in [4.78, 5) is 28.4. The average molecular weight is 493 g/mol. The Morgan fingerprint density at radius 3 is 2.25 bits per heavy atom. The molecule has 190 valence electrons. The van der Waals surface area contributed by atoms with Crippen molar-refractivity contribution in [2.75, 3.05) is 13.7 Å². The van der Waals surface area contributed by atoms with Crippen LogP contribution in [0, 0.1) is 5.82 Å². The SMILES string of the molecule is CC[C@@H](C)NC(=O)[C@H](Cc1ccccc1)N(Cc1ccccc1F)C(=O)COc1ccccc1OC. The highest BCUT2D eigenvalue weighted by atomic mass is 19.1. The molecule has 0 aromatic heterocycles. The maximum atomic E-state index is 14.6.